The minimum atomic E-state index is -3.21. The number of amides is 1. The van der Waals surface area contributed by atoms with Gasteiger partial charge in [0.25, 0.3) is 0 Å². The Bertz CT molecular complexity index is 771. The number of sulfonamides is 1. The van der Waals surface area contributed by atoms with Crippen LogP contribution in [0.2, 0.25) is 5.02 Å². The van der Waals surface area contributed by atoms with Gasteiger partial charge >= 0.3 is 0 Å². The molecule has 0 aliphatic carbocycles. The molecule has 1 aliphatic heterocycles. The van der Waals surface area contributed by atoms with Crippen molar-refractivity contribution in [2.45, 2.75) is 0 Å². The van der Waals surface area contributed by atoms with Gasteiger partial charge in [-0.1, -0.05) is 11.6 Å². The monoisotopic (exact) mass is 388 g/mol. The molecule has 1 aromatic rings. The Balaban J connectivity index is 2.05. The zero-order chi connectivity index (χ0) is 18.6. The van der Waals surface area contributed by atoms with E-state index in [4.69, 9.17) is 21.1 Å². The highest BCUT2D eigenvalue weighted by atomic mass is 35.5. The van der Waals surface area contributed by atoms with Crippen LogP contribution in [0.3, 0.4) is 0 Å². The molecule has 1 fully saturated rings. The van der Waals surface area contributed by atoms with Gasteiger partial charge in [0.05, 0.1) is 25.5 Å². The van der Waals surface area contributed by atoms with Gasteiger partial charge in [0.2, 0.25) is 15.9 Å². The number of halogens is 1. The first-order valence-corrected chi connectivity index (χ1v) is 9.82. The zero-order valence-corrected chi connectivity index (χ0v) is 15.9. The Kier molecular flexibility index (Phi) is 6.31. The molecule has 0 N–H and O–H groups in total. The number of benzene rings is 1. The van der Waals surface area contributed by atoms with Gasteiger partial charge in [0.1, 0.15) is 0 Å². The van der Waals surface area contributed by atoms with Crippen molar-refractivity contribution in [3.63, 3.8) is 0 Å². The summed E-state index contributed by atoms with van der Waals surface area (Å²) in [5.74, 6) is 0.729. The molecule has 7 nitrogen and oxygen atoms in total. The predicted octanol–water partition coefficient (Wildman–Crippen LogP) is 1.47. The molecule has 9 heteroatoms. The van der Waals surface area contributed by atoms with Crippen molar-refractivity contribution in [1.82, 2.24) is 9.21 Å². The number of ether oxygens (including phenoxy) is 2. The topological polar surface area (TPSA) is 76.2 Å². The van der Waals surface area contributed by atoms with E-state index in [-0.39, 0.29) is 5.91 Å². The van der Waals surface area contributed by atoms with Crippen molar-refractivity contribution in [2.75, 3.05) is 46.7 Å². The Hall–Kier alpha value is -1.77. The summed E-state index contributed by atoms with van der Waals surface area (Å²) >= 11 is 6.14. The summed E-state index contributed by atoms with van der Waals surface area (Å²) in [7, 11) is -0.205. The second kappa shape index (κ2) is 8.07. The molecule has 0 saturated carbocycles. The maximum atomic E-state index is 12.3. The van der Waals surface area contributed by atoms with Crippen molar-refractivity contribution >= 4 is 33.6 Å². The molecule has 0 aromatic heterocycles. The molecule has 25 heavy (non-hydrogen) atoms. The standard InChI is InChI=1S/C16H21ClN2O5S/c1-23-14-11-12(10-13(17)16(14)24-2)4-5-15(20)18-6-8-19(9-7-18)25(3,21)22/h4-5,10-11H,6-9H2,1-3H3/b5-4+. The molecule has 2 rings (SSSR count). The largest absolute Gasteiger partial charge is 0.493 e. The predicted molar refractivity (Wildman–Crippen MR) is 96.6 cm³/mol. The first-order chi connectivity index (χ1) is 11.8. The van der Waals surface area contributed by atoms with Gasteiger partial charge in [-0.2, -0.15) is 4.31 Å². The van der Waals surface area contributed by atoms with Crippen molar-refractivity contribution < 1.29 is 22.7 Å². The summed E-state index contributed by atoms with van der Waals surface area (Å²) in [6.07, 6.45) is 4.25. The smallest absolute Gasteiger partial charge is 0.246 e. The van der Waals surface area contributed by atoms with Gasteiger partial charge in [-0.15, -0.1) is 0 Å². The first-order valence-electron chi connectivity index (χ1n) is 7.60. The molecule has 0 spiro atoms. The highest BCUT2D eigenvalue weighted by Crippen LogP contribution is 2.36. The van der Waals surface area contributed by atoms with Crippen LogP contribution in [0, 0.1) is 0 Å². The molecule has 0 radical (unpaired) electrons. The van der Waals surface area contributed by atoms with E-state index in [1.165, 1.54) is 30.9 Å². The lowest BCUT2D eigenvalue weighted by Gasteiger charge is -2.32. The number of carbonyl (C=O) groups is 1. The van der Waals surface area contributed by atoms with Gasteiger partial charge in [0.15, 0.2) is 11.5 Å². The van der Waals surface area contributed by atoms with Gasteiger partial charge in [0, 0.05) is 32.3 Å². The van der Waals surface area contributed by atoms with E-state index >= 15 is 0 Å². The van der Waals surface area contributed by atoms with Crippen LogP contribution in [-0.2, 0) is 14.8 Å². The Morgan fingerprint density at radius 2 is 1.80 bits per heavy atom. The van der Waals surface area contributed by atoms with Crippen molar-refractivity contribution in [3.05, 3.63) is 28.8 Å². The highest BCUT2D eigenvalue weighted by molar-refractivity contribution is 7.88. The number of nitrogens with zero attached hydrogens (tertiary/aromatic N) is 2. The number of hydrogen-bond donors (Lipinski definition) is 0. The van der Waals surface area contributed by atoms with Gasteiger partial charge in [-0.3, -0.25) is 4.79 Å². The molecule has 1 aliphatic rings. The summed E-state index contributed by atoms with van der Waals surface area (Å²) in [4.78, 5) is 13.9. The van der Waals surface area contributed by atoms with Crippen LogP contribution in [0.25, 0.3) is 6.08 Å². The first kappa shape index (κ1) is 19.6. The van der Waals surface area contributed by atoms with Crippen LogP contribution >= 0.6 is 11.6 Å². The Morgan fingerprint density at radius 3 is 2.32 bits per heavy atom. The minimum Gasteiger partial charge on any atom is -0.493 e. The molecule has 1 amide bonds. The van der Waals surface area contributed by atoms with Crippen molar-refractivity contribution in [2.24, 2.45) is 0 Å². The van der Waals surface area contributed by atoms with E-state index in [1.54, 1.807) is 23.1 Å². The third-order valence-corrected chi connectivity index (χ3v) is 5.48. The van der Waals surface area contributed by atoms with E-state index in [0.717, 1.165) is 0 Å². The molecule has 0 atom stereocenters. The zero-order valence-electron chi connectivity index (χ0n) is 14.4. The maximum Gasteiger partial charge on any atom is 0.246 e. The van der Waals surface area contributed by atoms with Crippen LogP contribution < -0.4 is 9.47 Å². The number of hydrogen-bond acceptors (Lipinski definition) is 5. The number of carbonyl (C=O) groups excluding carboxylic acids is 1. The normalized spacial score (nSPS) is 16.2. The minimum absolute atomic E-state index is 0.181. The van der Waals surface area contributed by atoms with E-state index < -0.39 is 10.0 Å². The third-order valence-electron chi connectivity index (χ3n) is 3.89. The SMILES string of the molecule is COc1cc(/C=C/C(=O)N2CCN(S(C)(=O)=O)CC2)cc(Cl)c1OC. The lowest BCUT2D eigenvalue weighted by Crippen LogP contribution is -2.49. The van der Waals surface area contributed by atoms with E-state index in [0.29, 0.717) is 48.3 Å². The van der Waals surface area contributed by atoms with E-state index in [1.807, 2.05) is 0 Å². The molecule has 138 valence electrons. The summed E-state index contributed by atoms with van der Waals surface area (Å²) < 4.78 is 34.7. The van der Waals surface area contributed by atoms with Gasteiger partial charge in [-0.25, -0.2) is 8.42 Å². The third kappa shape index (κ3) is 4.87. The molecule has 1 saturated heterocycles. The van der Waals surface area contributed by atoms with Crippen molar-refractivity contribution in [1.29, 1.82) is 0 Å². The van der Waals surface area contributed by atoms with Crippen LogP contribution in [0.15, 0.2) is 18.2 Å². The van der Waals surface area contributed by atoms with E-state index in [9.17, 15) is 13.2 Å². The maximum absolute atomic E-state index is 12.3. The fourth-order valence-electron chi connectivity index (χ4n) is 2.55. The summed E-state index contributed by atoms with van der Waals surface area (Å²) in [6.45, 7) is 1.34. The lowest BCUT2D eigenvalue weighted by atomic mass is 10.1. The average Bonchev–Trinajstić information content (AvgIpc) is 2.58. The summed E-state index contributed by atoms with van der Waals surface area (Å²) in [5.41, 5.74) is 0.700. The van der Waals surface area contributed by atoms with Crippen molar-refractivity contribution in [3.8, 4) is 11.5 Å². The highest BCUT2D eigenvalue weighted by Gasteiger charge is 2.24. The van der Waals surface area contributed by atoms with Gasteiger partial charge < -0.3 is 14.4 Å². The molecule has 1 aromatic carbocycles. The van der Waals surface area contributed by atoms with E-state index in [2.05, 4.69) is 0 Å². The molecular weight excluding hydrogens is 368 g/mol. The lowest BCUT2D eigenvalue weighted by molar-refractivity contribution is -0.127. The van der Waals surface area contributed by atoms with Crippen LogP contribution in [0.5, 0.6) is 11.5 Å². The van der Waals surface area contributed by atoms with Crippen LogP contribution in [0.1, 0.15) is 5.56 Å². The average molecular weight is 389 g/mol. The molecular formula is C16H21ClN2O5S. The van der Waals surface area contributed by atoms with Crippen LogP contribution in [0.4, 0.5) is 0 Å². The van der Waals surface area contributed by atoms with Gasteiger partial charge in [-0.05, 0) is 23.8 Å². The number of piperazine rings is 1. The quantitative estimate of drug-likeness (QED) is 0.714. The summed E-state index contributed by atoms with van der Waals surface area (Å²) in [5, 5.41) is 0.385. The molecule has 0 bridgehead atoms. The van der Waals surface area contributed by atoms with Crippen LogP contribution in [-0.4, -0.2) is 70.2 Å². The fourth-order valence-corrected chi connectivity index (χ4v) is 3.67. The Morgan fingerprint density at radius 1 is 1.16 bits per heavy atom. The second-order valence-electron chi connectivity index (χ2n) is 5.56. The fraction of sp³-hybridized carbons (Fsp3) is 0.438. The molecule has 1 heterocycles. The molecule has 0 unspecified atom stereocenters. The number of methoxy groups -OCH3 is 2. The number of rotatable bonds is 5. The Labute approximate surface area is 152 Å². The second-order valence-corrected chi connectivity index (χ2v) is 7.95. The summed E-state index contributed by atoms with van der Waals surface area (Å²) in [6, 6.07) is 3.39.